The number of nitrogens with one attached hydrogen (secondary N) is 1. The molecule has 0 amide bonds. The van der Waals surface area contributed by atoms with Crippen LogP contribution in [0.3, 0.4) is 0 Å². The van der Waals surface area contributed by atoms with Crippen molar-refractivity contribution in [3.8, 4) is 28.6 Å². The summed E-state index contributed by atoms with van der Waals surface area (Å²) in [5, 5.41) is 5.17. The molecule has 0 aliphatic rings. The Balaban J connectivity index is 1.77. The molecule has 0 bridgehead atoms. The Hall–Kier alpha value is -3.08. The summed E-state index contributed by atoms with van der Waals surface area (Å²) in [4.78, 5) is 7.64. The van der Waals surface area contributed by atoms with Crippen LogP contribution in [0, 0.1) is 0 Å². The summed E-state index contributed by atoms with van der Waals surface area (Å²) >= 11 is 0. The number of aromatic nitrogens is 3. The number of aromatic amines is 1. The quantitative estimate of drug-likeness (QED) is 0.622. The largest absolute Gasteiger partial charge is 0.496 e. The molecule has 5 heteroatoms. The molecule has 0 atom stereocenters. The first kappa shape index (κ1) is 12.6. The van der Waals surface area contributed by atoms with Crippen LogP contribution in [-0.2, 0) is 0 Å². The van der Waals surface area contributed by atoms with Gasteiger partial charge in [0.1, 0.15) is 5.75 Å². The van der Waals surface area contributed by atoms with E-state index in [-0.39, 0.29) is 0 Å². The Kier molecular flexibility index (Phi) is 2.89. The third-order valence-electron chi connectivity index (χ3n) is 3.57. The lowest BCUT2D eigenvalue weighted by Gasteiger charge is -2.03. The maximum Gasteiger partial charge on any atom is 0.258 e. The average molecular weight is 291 g/mol. The Morgan fingerprint density at radius 1 is 1.09 bits per heavy atom. The van der Waals surface area contributed by atoms with Crippen LogP contribution in [0.2, 0.25) is 0 Å². The standard InChI is InChI=1S/C17H13N3O2/c1-21-15-5-3-2-4-13(15)16-19-17(22-20-16)12-6-7-14-11(10-12)8-9-18-14/h2-10,18H,1H3. The van der Waals surface area contributed by atoms with Crippen molar-refractivity contribution in [2.75, 3.05) is 7.11 Å². The second-order valence-electron chi connectivity index (χ2n) is 4.90. The highest BCUT2D eigenvalue weighted by Crippen LogP contribution is 2.30. The van der Waals surface area contributed by atoms with E-state index >= 15 is 0 Å². The highest BCUT2D eigenvalue weighted by Gasteiger charge is 2.14. The molecule has 0 aliphatic heterocycles. The molecule has 0 fully saturated rings. The fourth-order valence-corrected chi connectivity index (χ4v) is 2.47. The van der Waals surface area contributed by atoms with Crippen molar-refractivity contribution in [3.63, 3.8) is 0 Å². The van der Waals surface area contributed by atoms with Gasteiger partial charge in [0.05, 0.1) is 12.7 Å². The van der Waals surface area contributed by atoms with E-state index in [2.05, 4.69) is 15.1 Å². The fourth-order valence-electron chi connectivity index (χ4n) is 2.47. The van der Waals surface area contributed by atoms with Crippen LogP contribution in [0.5, 0.6) is 5.75 Å². The number of H-pyrrole nitrogens is 1. The van der Waals surface area contributed by atoms with Gasteiger partial charge in [-0.3, -0.25) is 0 Å². The van der Waals surface area contributed by atoms with Crippen LogP contribution >= 0.6 is 0 Å². The minimum atomic E-state index is 0.490. The maximum absolute atomic E-state index is 5.40. The van der Waals surface area contributed by atoms with Crippen LogP contribution < -0.4 is 4.74 Å². The molecule has 5 nitrogen and oxygen atoms in total. The number of rotatable bonds is 3. The monoisotopic (exact) mass is 291 g/mol. The minimum absolute atomic E-state index is 0.490. The summed E-state index contributed by atoms with van der Waals surface area (Å²) in [6, 6.07) is 15.6. The van der Waals surface area contributed by atoms with E-state index < -0.39 is 0 Å². The van der Waals surface area contributed by atoms with Gasteiger partial charge in [-0.05, 0) is 36.4 Å². The lowest BCUT2D eigenvalue weighted by molar-refractivity contribution is 0.413. The third-order valence-corrected chi connectivity index (χ3v) is 3.57. The number of methoxy groups -OCH3 is 1. The first-order valence-corrected chi connectivity index (χ1v) is 6.90. The molecule has 1 N–H and O–H groups in total. The topological polar surface area (TPSA) is 63.9 Å². The molecule has 4 aromatic rings. The van der Waals surface area contributed by atoms with E-state index in [9.17, 15) is 0 Å². The van der Waals surface area contributed by atoms with Crippen molar-refractivity contribution in [3.05, 3.63) is 54.7 Å². The Morgan fingerprint density at radius 3 is 2.91 bits per heavy atom. The first-order valence-electron chi connectivity index (χ1n) is 6.90. The second kappa shape index (κ2) is 5.04. The highest BCUT2D eigenvalue weighted by atomic mass is 16.5. The van der Waals surface area contributed by atoms with Crippen molar-refractivity contribution < 1.29 is 9.26 Å². The lowest BCUT2D eigenvalue weighted by atomic mass is 10.1. The highest BCUT2D eigenvalue weighted by molar-refractivity contribution is 5.83. The maximum atomic E-state index is 5.40. The van der Waals surface area contributed by atoms with E-state index in [0.29, 0.717) is 11.7 Å². The van der Waals surface area contributed by atoms with Crippen molar-refractivity contribution >= 4 is 10.9 Å². The van der Waals surface area contributed by atoms with Crippen molar-refractivity contribution in [1.82, 2.24) is 15.1 Å². The number of nitrogens with zero attached hydrogens (tertiary/aromatic N) is 2. The van der Waals surface area contributed by atoms with Crippen molar-refractivity contribution in [1.29, 1.82) is 0 Å². The van der Waals surface area contributed by atoms with Gasteiger partial charge in [0.15, 0.2) is 0 Å². The van der Waals surface area contributed by atoms with Crippen LogP contribution in [0.25, 0.3) is 33.7 Å². The number of benzene rings is 2. The third kappa shape index (κ3) is 2.03. The summed E-state index contributed by atoms with van der Waals surface area (Å²) in [6.45, 7) is 0. The smallest absolute Gasteiger partial charge is 0.258 e. The summed E-state index contributed by atoms with van der Waals surface area (Å²) in [5.41, 5.74) is 2.77. The van der Waals surface area contributed by atoms with Crippen LogP contribution in [0.1, 0.15) is 0 Å². The van der Waals surface area contributed by atoms with Crippen LogP contribution in [0.4, 0.5) is 0 Å². The van der Waals surface area contributed by atoms with Gasteiger partial charge in [0.25, 0.3) is 5.89 Å². The van der Waals surface area contributed by atoms with E-state index in [4.69, 9.17) is 9.26 Å². The average Bonchev–Trinajstić information content (AvgIpc) is 3.23. The number of para-hydroxylation sites is 1. The van der Waals surface area contributed by atoms with Gasteiger partial charge in [-0.25, -0.2) is 0 Å². The summed E-state index contributed by atoms with van der Waals surface area (Å²) in [7, 11) is 1.62. The number of hydrogen-bond donors (Lipinski definition) is 1. The lowest BCUT2D eigenvalue weighted by Crippen LogP contribution is -1.88. The summed E-state index contributed by atoms with van der Waals surface area (Å²) < 4.78 is 10.7. The zero-order valence-electron chi connectivity index (χ0n) is 11.9. The van der Waals surface area contributed by atoms with Crippen LogP contribution in [0.15, 0.2) is 59.3 Å². The molecular weight excluding hydrogens is 278 g/mol. The Labute approximate surface area is 126 Å². The zero-order valence-corrected chi connectivity index (χ0v) is 11.9. The molecule has 2 aromatic carbocycles. The van der Waals surface area contributed by atoms with Gasteiger partial charge in [-0.15, -0.1) is 0 Å². The molecule has 0 aliphatic carbocycles. The normalized spacial score (nSPS) is 11.0. The van der Waals surface area contributed by atoms with Crippen molar-refractivity contribution in [2.45, 2.75) is 0 Å². The van der Waals surface area contributed by atoms with Gasteiger partial charge in [-0.1, -0.05) is 17.3 Å². The van der Waals surface area contributed by atoms with Gasteiger partial charge < -0.3 is 14.2 Å². The Bertz CT molecular complexity index is 940. The first-order chi connectivity index (χ1) is 10.8. The predicted octanol–water partition coefficient (Wildman–Crippen LogP) is 3.89. The van der Waals surface area contributed by atoms with E-state index in [1.165, 1.54) is 0 Å². The molecular formula is C17H13N3O2. The molecule has 4 rings (SSSR count). The molecule has 22 heavy (non-hydrogen) atoms. The summed E-state index contributed by atoms with van der Waals surface area (Å²) in [5.74, 6) is 1.72. The second-order valence-corrected chi connectivity index (χ2v) is 4.90. The molecule has 0 unspecified atom stereocenters. The number of ether oxygens (including phenoxy) is 1. The molecule has 0 radical (unpaired) electrons. The SMILES string of the molecule is COc1ccccc1-c1noc(-c2ccc3[nH]ccc3c2)n1. The molecule has 2 heterocycles. The van der Waals surface area contributed by atoms with Gasteiger partial charge in [-0.2, -0.15) is 4.98 Å². The molecule has 0 saturated carbocycles. The van der Waals surface area contributed by atoms with Gasteiger partial charge in [0, 0.05) is 22.7 Å². The van der Waals surface area contributed by atoms with E-state index in [1.807, 2.05) is 54.7 Å². The van der Waals surface area contributed by atoms with E-state index in [1.54, 1.807) is 7.11 Å². The predicted molar refractivity (Wildman–Crippen MR) is 83.6 cm³/mol. The Morgan fingerprint density at radius 2 is 2.00 bits per heavy atom. The minimum Gasteiger partial charge on any atom is -0.496 e. The molecule has 0 spiro atoms. The zero-order chi connectivity index (χ0) is 14.9. The number of hydrogen-bond acceptors (Lipinski definition) is 4. The fraction of sp³-hybridized carbons (Fsp3) is 0.0588. The van der Waals surface area contributed by atoms with Gasteiger partial charge >= 0.3 is 0 Å². The summed E-state index contributed by atoms with van der Waals surface area (Å²) in [6.07, 6.45) is 1.91. The van der Waals surface area contributed by atoms with Crippen molar-refractivity contribution in [2.24, 2.45) is 0 Å². The molecule has 0 saturated heterocycles. The molecule has 2 aromatic heterocycles. The van der Waals surface area contributed by atoms with E-state index in [0.717, 1.165) is 27.8 Å². The van der Waals surface area contributed by atoms with Gasteiger partial charge in [0.2, 0.25) is 5.82 Å². The van der Waals surface area contributed by atoms with Crippen LogP contribution in [-0.4, -0.2) is 22.2 Å². The molecule has 108 valence electrons. The number of fused-ring (bicyclic) bond motifs is 1.